The minimum Gasteiger partial charge on any atom is -0.492 e. The molecule has 0 bridgehead atoms. The molecule has 1 aromatic carbocycles. The van der Waals surface area contributed by atoms with Gasteiger partial charge in [-0.2, -0.15) is 0 Å². The fourth-order valence-electron chi connectivity index (χ4n) is 2.64. The average Bonchev–Trinajstić information content (AvgIpc) is 2.41. The summed E-state index contributed by atoms with van der Waals surface area (Å²) in [6.45, 7) is 7.17. The number of aliphatic carboxylic acids is 1. The number of ether oxygens (including phenoxy) is 1. The Morgan fingerprint density at radius 2 is 1.96 bits per heavy atom. The van der Waals surface area contributed by atoms with E-state index in [1.165, 1.54) is 5.56 Å². The number of nitrogens with one attached hydrogen (secondary N) is 1. The van der Waals surface area contributed by atoms with Crippen molar-refractivity contribution in [2.45, 2.75) is 39.0 Å². The summed E-state index contributed by atoms with van der Waals surface area (Å²) in [4.78, 5) is 22.8. The van der Waals surface area contributed by atoms with Gasteiger partial charge in [0.15, 0.2) is 0 Å². The molecule has 1 amide bonds. The highest BCUT2D eigenvalue weighted by Gasteiger charge is 2.41. The van der Waals surface area contributed by atoms with Crippen molar-refractivity contribution in [2.24, 2.45) is 11.8 Å². The Bertz CT molecular complexity index is 577. The van der Waals surface area contributed by atoms with E-state index in [0.29, 0.717) is 26.0 Å². The minimum atomic E-state index is -0.883. The molecule has 1 saturated carbocycles. The number of carbonyl (C=O) groups excluding carboxylic acids is 1. The van der Waals surface area contributed by atoms with E-state index in [9.17, 15) is 9.59 Å². The molecule has 0 aliphatic heterocycles. The molecule has 23 heavy (non-hydrogen) atoms. The van der Waals surface area contributed by atoms with Crippen molar-refractivity contribution >= 4 is 11.9 Å². The lowest BCUT2D eigenvalue weighted by Crippen LogP contribution is -2.44. The van der Waals surface area contributed by atoms with E-state index in [2.05, 4.69) is 32.2 Å². The molecular weight excluding hydrogens is 294 g/mol. The van der Waals surface area contributed by atoms with Crippen molar-refractivity contribution < 1.29 is 19.4 Å². The van der Waals surface area contributed by atoms with E-state index >= 15 is 0 Å². The second-order valence-electron chi connectivity index (χ2n) is 7.05. The first-order valence-electron chi connectivity index (χ1n) is 8.03. The van der Waals surface area contributed by atoms with Gasteiger partial charge in [-0.25, -0.2) is 0 Å². The number of benzene rings is 1. The summed E-state index contributed by atoms with van der Waals surface area (Å²) in [7, 11) is 0. The largest absolute Gasteiger partial charge is 0.492 e. The van der Waals surface area contributed by atoms with Gasteiger partial charge in [0, 0.05) is 0 Å². The molecule has 2 N–H and O–H groups in total. The molecule has 0 aromatic heterocycles. The summed E-state index contributed by atoms with van der Waals surface area (Å²) < 4.78 is 5.67. The number of hydrogen-bond acceptors (Lipinski definition) is 3. The van der Waals surface area contributed by atoms with Gasteiger partial charge in [-0.1, -0.05) is 32.9 Å². The van der Waals surface area contributed by atoms with Crippen LogP contribution in [0, 0.1) is 11.8 Å². The lowest BCUT2D eigenvalue weighted by atomic mass is 9.73. The molecule has 1 aliphatic rings. The number of carboxylic acid groups (broad SMARTS) is 1. The zero-order valence-electron chi connectivity index (χ0n) is 14.0. The van der Waals surface area contributed by atoms with Crippen LogP contribution in [0.15, 0.2) is 24.3 Å². The molecule has 5 nitrogen and oxygen atoms in total. The summed E-state index contributed by atoms with van der Waals surface area (Å²) in [5, 5.41) is 11.7. The van der Waals surface area contributed by atoms with Gasteiger partial charge in [-0.3, -0.25) is 9.59 Å². The summed E-state index contributed by atoms with van der Waals surface area (Å²) >= 11 is 0. The van der Waals surface area contributed by atoms with Gasteiger partial charge in [-0.05, 0) is 36.0 Å². The van der Waals surface area contributed by atoms with Crippen LogP contribution >= 0.6 is 0 Å². The van der Waals surface area contributed by atoms with Crippen LogP contribution in [0.5, 0.6) is 5.75 Å². The van der Waals surface area contributed by atoms with Crippen molar-refractivity contribution in [1.82, 2.24) is 5.32 Å². The maximum absolute atomic E-state index is 11.9. The standard InChI is InChI=1S/C18H25NO4/c1-18(2,3)12-5-4-6-13(11-12)23-10-9-19-16(20)14-7-8-15(14)17(21)22/h4-6,11,14-15H,7-10H2,1-3H3,(H,19,20)(H,21,22). The van der Waals surface area contributed by atoms with Crippen LogP contribution in [0.4, 0.5) is 0 Å². The molecule has 5 heteroatoms. The molecule has 1 aliphatic carbocycles. The van der Waals surface area contributed by atoms with E-state index < -0.39 is 17.8 Å². The Kier molecular flexibility index (Phi) is 5.29. The molecule has 0 radical (unpaired) electrons. The molecule has 2 atom stereocenters. The second-order valence-corrected chi connectivity index (χ2v) is 7.05. The highest BCUT2D eigenvalue weighted by Crippen LogP contribution is 2.34. The maximum Gasteiger partial charge on any atom is 0.307 e. The number of carboxylic acids is 1. The van der Waals surface area contributed by atoms with Crippen LogP contribution in [0.3, 0.4) is 0 Å². The van der Waals surface area contributed by atoms with Crippen LogP contribution in [-0.2, 0) is 15.0 Å². The molecule has 126 valence electrons. The summed E-state index contributed by atoms with van der Waals surface area (Å²) in [5.74, 6) is -1.21. The molecule has 2 rings (SSSR count). The number of amides is 1. The second kappa shape index (κ2) is 7.02. The average molecular weight is 319 g/mol. The van der Waals surface area contributed by atoms with Crippen LogP contribution in [0.1, 0.15) is 39.2 Å². The fourth-order valence-corrected chi connectivity index (χ4v) is 2.64. The first kappa shape index (κ1) is 17.3. The first-order chi connectivity index (χ1) is 10.8. The Morgan fingerprint density at radius 1 is 1.26 bits per heavy atom. The zero-order valence-corrected chi connectivity index (χ0v) is 14.0. The third-order valence-electron chi connectivity index (χ3n) is 4.30. The zero-order chi connectivity index (χ0) is 17.0. The van der Waals surface area contributed by atoms with Crippen molar-refractivity contribution in [3.63, 3.8) is 0 Å². The van der Waals surface area contributed by atoms with Crippen molar-refractivity contribution in [1.29, 1.82) is 0 Å². The first-order valence-corrected chi connectivity index (χ1v) is 8.03. The molecule has 0 heterocycles. The van der Waals surface area contributed by atoms with Crippen LogP contribution in [0.25, 0.3) is 0 Å². The highest BCUT2D eigenvalue weighted by atomic mass is 16.5. The van der Waals surface area contributed by atoms with Crippen LogP contribution in [0.2, 0.25) is 0 Å². The van der Waals surface area contributed by atoms with Gasteiger partial charge in [-0.15, -0.1) is 0 Å². The normalized spacial score (nSPS) is 20.5. The molecule has 2 unspecified atom stereocenters. The maximum atomic E-state index is 11.9. The Morgan fingerprint density at radius 3 is 2.52 bits per heavy atom. The van der Waals surface area contributed by atoms with Crippen molar-refractivity contribution in [3.8, 4) is 5.75 Å². The van der Waals surface area contributed by atoms with E-state index in [-0.39, 0.29) is 11.3 Å². The smallest absolute Gasteiger partial charge is 0.307 e. The van der Waals surface area contributed by atoms with Gasteiger partial charge >= 0.3 is 5.97 Å². The predicted molar refractivity (Wildman–Crippen MR) is 87.5 cm³/mol. The monoisotopic (exact) mass is 319 g/mol. The van der Waals surface area contributed by atoms with E-state index in [1.54, 1.807) is 0 Å². The van der Waals surface area contributed by atoms with Crippen LogP contribution < -0.4 is 10.1 Å². The predicted octanol–water partition coefficient (Wildman–Crippen LogP) is 2.59. The lowest BCUT2D eigenvalue weighted by Gasteiger charge is -2.31. The highest BCUT2D eigenvalue weighted by molar-refractivity contribution is 5.86. The lowest BCUT2D eigenvalue weighted by molar-refractivity contribution is -0.152. The van der Waals surface area contributed by atoms with E-state index in [0.717, 1.165) is 5.75 Å². The van der Waals surface area contributed by atoms with E-state index in [1.807, 2.05) is 18.2 Å². The number of rotatable bonds is 6. The van der Waals surface area contributed by atoms with Gasteiger partial charge in [0.1, 0.15) is 12.4 Å². The quantitative estimate of drug-likeness (QED) is 0.790. The fraction of sp³-hybridized carbons (Fsp3) is 0.556. The third kappa shape index (κ3) is 4.47. The van der Waals surface area contributed by atoms with Gasteiger partial charge in [0.2, 0.25) is 5.91 Å². The topological polar surface area (TPSA) is 75.6 Å². The summed E-state index contributed by atoms with van der Waals surface area (Å²) in [6.07, 6.45) is 1.24. The molecule has 1 aromatic rings. The summed E-state index contributed by atoms with van der Waals surface area (Å²) in [5.41, 5.74) is 1.25. The number of hydrogen-bond donors (Lipinski definition) is 2. The minimum absolute atomic E-state index is 0.0592. The van der Waals surface area contributed by atoms with Crippen molar-refractivity contribution in [2.75, 3.05) is 13.2 Å². The van der Waals surface area contributed by atoms with Gasteiger partial charge in [0.25, 0.3) is 0 Å². The van der Waals surface area contributed by atoms with Crippen molar-refractivity contribution in [3.05, 3.63) is 29.8 Å². The molecule has 0 saturated heterocycles. The van der Waals surface area contributed by atoms with Gasteiger partial charge < -0.3 is 15.2 Å². The number of carbonyl (C=O) groups is 2. The summed E-state index contributed by atoms with van der Waals surface area (Å²) in [6, 6.07) is 7.93. The molecule has 1 fully saturated rings. The molecular formula is C18H25NO4. The Labute approximate surface area is 137 Å². The Hall–Kier alpha value is -2.04. The van der Waals surface area contributed by atoms with Gasteiger partial charge in [0.05, 0.1) is 18.4 Å². The third-order valence-corrected chi connectivity index (χ3v) is 4.30. The van der Waals surface area contributed by atoms with E-state index in [4.69, 9.17) is 9.84 Å². The Balaban J connectivity index is 1.76. The molecule has 0 spiro atoms. The SMILES string of the molecule is CC(C)(C)c1cccc(OCCNC(=O)C2CCC2C(=O)O)c1. The van der Waals surface area contributed by atoms with Crippen LogP contribution in [-0.4, -0.2) is 30.1 Å².